The third-order valence-corrected chi connectivity index (χ3v) is 3.58. The first-order valence-corrected chi connectivity index (χ1v) is 7.77. The number of hydrogen-bond donors (Lipinski definition) is 1. The molecule has 7 heteroatoms. The maximum absolute atomic E-state index is 6.09. The summed E-state index contributed by atoms with van der Waals surface area (Å²) in [5.74, 6) is 0.963. The maximum Gasteiger partial charge on any atom is 0.228 e. The normalized spacial score (nSPS) is 12.6. The van der Waals surface area contributed by atoms with Crippen molar-refractivity contribution in [2.75, 3.05) is 6.54 Å². The SMILES string of the molecule is CCCNC(CC)Cc1nc(-c2ncc(Cl)cc2Cl)no1. The van der Waals surface area contributed by atoms with Crippen LogP contribution >= 0.6 is 23.2 Å². The number of nitrogens with one attached hydrogen (secondary N) is 1. The lowest BCUT2D eigenvalue weighted by Crippen LogP contribution is -2.31. The number of halogens is 2. The van der Waals surface area contributed by atoms with Crippen molar-refractivity contribution >= 4 is 23.2 Å². The van der Waals surface area contributed by atoms with Crippen LogP contribution in [0.1, 0.15) is 32.6 Å². The molecule has 0 radical (unpaired) electrons. The zero-order valence-corrected chi connectivity index (χ0v) is 13.6. The van der Waals surface area contributed by atoms with Crippen LogP contribution in [-0.4, -0.2) is 27.7 Å². The van der Waals surface area contributed by atoms with Gasteiger partial charge >= 0.3 is 0 Å². The molecule has 114 valence electrons. The number of rotatable bonds is 7. The Labute approximate surface area is 134 Å². The van der Waals surface area contributed by atoms with Gasteiger partial charge in [-0.2, -0.15) is 4.98 Å². The Morgan fingerprint density at radius 3 is 2.81 bits per heavy atom. The predicted molar refractivity (Wildman–Crippen MR) is 83.6 cm³/mol. The molecule has 0 aromatic carbocycles. The van der Waals surface area contributed by atoms with Crippen LogP contribution in [-0.2, 0) is 6.42 Å². The Morgan fingerprint density at radius 1 is 1.33 bits per heavy atom. The topological polar surface area (TPSA) is 63.8 Å². The highest BCUT2D eigenvalue weighted by Gasteiger charge is 2.16. The molecule has 0 saturated carbocycles. The second-order valence-electron chi connectivity index (χ2n) is 4.76. The average Bonchev–Trinajstić information content (AvgIpc) is 2.91. The first-order valence-electron chi connectivity index (χ1n) is 7.01. The summed E-state index contributed by atoms with van der Waals surface area (Å²) < 4.78 is 5.28. The van der Waals surface area contributed by atoms with E-state index in [-0.39, 0.29) is 0 Å². The van der Waals surface area contributed by atoms with Crippen molar-refractivity contribution in [1.29, 1.82) is 0 Å². The summed E-state index contributed by atoms with van der Waals surface area (Å²) in [6.45, 7) is 5.24. The molecule has 1 unspecified atom stereocenters. The molecule has 0 amide bonds. The predicted octanol–water partition coefficient (Wildman–Crippen LogP) is 3.76. The van der Waals surface area contributed by atoms with Gasteiger partial charge in [0.15, 0.2) is 0 Å². The first-order chi connectivity index (χ1) is 10.1. The smallest absolute Gasteiger partial charge is 0.228 e. The van der Waals surface area contributed by atoms with Crippen molar-refractivity contribution in [2.45, 2.75) is 39.2 Å². The molecular formula is C14H18Cl2N4O. The highest BCUT2D eigenvalue weighted by atomic mass is 35.5. The van der Waals surface area contributed by atoms with Crippen molar-refractivity contribution < 1.29 is 4.52 Å². The summed E-state index contributed by atoms with van der Waals surface area (Å²) >= 11 is 11.9. The summed E-state index contributed by atoms with van der Waals surface area (Å²) in [7, 11) is 0. The largest absolute Gasteiger partial charge is 0.339 e. The molecule has 21 heavy (non-hydrogen) atoms. The monoisotopic (exact) mass is 328 g/mol. The van der Waals surface area contributed by atoms with Crippen LogP contribution in [0.25, 0.3) is 11.5 Å². The molecule has 2 aromatic rings. The fraction of sp³-hybridized carbons (Fsp3) is 0.500. The van der Waals surface area contributed by atoms with Gasteiger partial charge in [-0.25, -0.2) is 4.98 Å². The van der Waals surface area contributed by atoms with Gasteiger partial charge in [0, 0.05) is 18.7 Å². The van der Waals surface area contributed by atoms with E-state index in [0.717, 1.165) is 19.4 Å². The summed E-state index contributed by atoms with van der Waals surface area (Å²) in [5, 5.41) is 8.27. The summed E-state index contributed by atoms with van der Waals surface area (Å²) in [4.78, 5) is 8.50. The third-order valence-electron chi connectivity index (χ3n) is 3.08. The minimum Gasteiger partial charge on any atom is -0.339 e. The number of pyridine rings is 1. The van der Waals surface area contributed by atoms with Crippen LogP contribution in [0.3, 0.4) is 0 Å². The lowest BCUT2D eigenvalue weighted by molar-refractivity contribution is 0.354. The Hall–Kier alpha value is -1.17. The van der Waals surface area contributed by atoms with Crippen molar-refractivity contribution in [3.63, 3.8) is 0 Å². The first kappa shape index (κ1) is 16.2. The van der Waals surface area contributed by atoms with Gasteiger partial charge in [-0.3, -0.25) is 0 Å². The van der Waals surface area contributed by atoms with Crippen LogP contribution in [0.4, 0.5) is 0 Å². The van der Waals surface area contributed by atoms with Crippen LogP contribution in [0.15, 0.2) is 16.8 Å². The molecule has 0 fully saturated rings. The third kappa shape index (κ3) is 4.40. The number of nitrogens with zero attached hydrogens (tertiary/aromatic N) is 3. The summed E-state index contributed by atoms with van der Waals surface area (Å²) in [6.07, 6.45) is 4.29. The van der Waals surface area contributed by atoms with E-state index in [0.29, 0.717) is 39.9 Å². The maximum atomic E-state index is 6.09. The lowest BCUT2D eigenvalue weighted by atomic mass is 10.1. The molecule has 2 heterocycles. The van der Waals surface area contributed by atoms with E-state index in [9.17, 15) is 0 Å². The molecule has 0 aliphatic carbocycles. The Morgan fingerprint density at radius 2 is 2.14 bits per heavy atom. The molecule has 0 aliphatic rings. The quantitative estimate of drug-likeness (QED) is 0.838. The zero-order valence-electron chi connectivity index (χ0n) is 12.1. The van der Waals surface area contributed by atoms with E-state index in [2.05, 4.69) is 34.3 Å². The van der Waals surface area contributed by atoms with Crippen molar-refractivity contribution in [1.82, 2.24) is 20.4 Å². The van der Waals surface area contributed by atoms with E-state index in [4.69, 9.17) is 27.7 Å². The summed E-state index contributed by atoms with van der Waals surface area (Å²) in [5.41, 5.74) is 0.477. The highest BCUT2D eigenvalue weighted by molar-refractivity contribution is 6.35. The lowest BCUT2D eigenvalue weighted by Gasteiger charge is -2.13. The molecule has 2 rings (SSSR count). The Balaban J connectivity index is 2.10. The van der Waals surface area contributed by atoms with Gasteiger partial charge in [0.1, 0.15) is 5.69 Å². The van der Waals surface area contributed by atoms with Crippen LogP contribution in [0.5, 0.6) is 0 Å². The van der Waals surface area contributed by atoms with Crippen molar-refractivity contribution in [2.24, 2.45) is 0 Å². The van der Waals surface area contributed by atoms with E-state index >= 15 is 0 Å². The second-order valence-corrected chi connectivity index (χ2v) is 5.60. The van der Waals surface area contributed by atoms with Gasteiger partial charge in [0.05, 0.1) is 10.0 Å². The van der Waals surface area contributed by atoms with Crippen LogP contribution in [0.2, 0.25) is 10.0 Å². The van der Waals surface area contributed by atoms with Crippen molar-refractivity contribution in [3.05, 3.63) is 28.2 Å². The Bertz CT molecular complexity index is 588. The summed E-state index contributed by atoms with van der Waals surface area (Å²) in [6, 6.07) is 1.94. The minimum atomic E-state index is 0.326. The van der Waals surface area contributed by atoms with Gasteiger partial charge in [-0.1, -0.05) is 42.2 Å². The molecule has 0 saturated heterocycles. The van der Waals surface area contributed by atoms with Gasteiger partial charge in [0.25, 0.3) is 0 Å². The molecule has 0 bridgehead atoms. The molecule has 5 nitrogen and oxygen atoms in total. The Kier molecular flexibility index (Phi) is 5.96. The number of aromatic nitrogens is 3. The zero-order chi connectivity index (χ0) is 15.2. The van der Waals surface area contributed by atoms with E-state index in [1.807, 2.05) is 0 Å². The average molecular weight is 329 g/mol. The van der Waals surface area contributed by atoms with Crippen LogP contribution in [0, 0.1) is 0 Å². The molecular weight excluding hydrogens is 311 g/mol. The van der Waals surface area contributed by atoms with E-state index in [1.165, 1.54) is 6.20 Å². The van der Waals surface area contributed by atoms with E-state index in [1.54, 1.807) is 6.07 Å². The highest BCUT2D eigenvalue weighted by Crippen LogP contribution is 2.25. The van der Waals surface area contributed by atoms with E-state index < -0.39 is 0 Å². The molecule has 0 aliphatic heterocycles. The fourth-order valence-electron chi connectivity index (χ4n) is 1.93. The van der Waals surface area contributed by atoms with Gasteiger partial charge in [0.2, 0.25) is 11.7 Å². The van der Waals surface area contributed by atoms with Gasteiger partial charge in [-0.15, -0.1) is 0 Å². The molecule has 2 aromatic heterocycles. The van der Waals surface area contributed by atoms with Crippen LogP contribution < -0.4 is 5.32 Å². The molecule has 1 N–H and O–H groups in total. The number of hydrogen-bond acceptors (Lipinski definition) is 5. The van der Waals surface area contributed by atoms with Crippen molar-refractivity contribution in [3.8, 4) is 11.5 Å². The standard InChI is InChI=1S/C14H18Cl2N4O/c1-3-5-17-10(4-2)7-12-19-14(20-21-12)13-11(16)6-9(15)8-18-13/h6,8,10,17H,3-5,7H2,1-2H3. The molecule has 1 atom stereocenters. The fourth-order valence-corrected chi connectivity index (χ4v) is 2.40. The second kappa shape index (κ2) is 7.73. The van der Waals surface area contributed by atoms with Gasteiger partial charge < -0.3 is 9.84 Å². The van der Waals surface area contributed by atoms with Gasteiger partial charge in [-0.05, 0) is 25.5 Å². The minimum absolute atomic E-state index is 0.326. The molecule has 0 spiro atoms.